The third-order valence-corrected chi connectivity index (χ3v) is 3.77. The molecule has 5 nitrogen and oxygen atoms in total. The van der Waals surface area contributed by atoms with Crippen LogP contribution in [0.5, 0.6) is 0 Å². The van der Waals surface area contributed by atoms with Gasteiger partial charge in [0.2, 0.25) is 5.16 Å². The van der Waals surface area contributed by atoms with E-state index in [2.05, 4.69) is 15.2 Å². The molecule has 21 heavy (non-hydrogen) atoms. The molecule has 1 N–H and O–H groups in total. The molecular weight excluding hydrogens is 286 g/mol. The van der Waals surface area contributed by atoms with Crippen molar-refractivity contribution in [3.63, 3.8) is 0 Å². The lowest BCUT2D eigenvalue weighted by Gasteiger charge is -1.99. The van der Waals surface area contributed by atoms with Gasteiger partial charge >= 0.3 is 0 Å². The topological polar surface area (TPSA) is 71.8 Å². The minimum atomic E-state index is 0.0596. The number of carbonyl (C=O) groups excluding carboxylic acids is 1. The number of hydrogen-bond acceptors (Lipinski definition) is 5. The predicted octanol–water partition coefficient (Wildman–Crippen LogP) is 3.35. The molecule has 0 aliphatic rings. The largest absolute Gasteiger partial charge is 0.461 e. The molecule has 2 aromatic heterocycles. The molecule has 0 saturated carbocycles. The zero-order valence-electron chi connectivity index (χ0n) is 11.4. The van der Waals surface area contributed by atoms with Crippen molar-refractivity contribution in [2.24, 2.45) is 0 Å². The first-order valence-electron chi connectivity index (χ1n) is 6.41. The number of hydrogen-bond donors (Lipinski definition) is 1. The fourth-order valence-corrected chi connectivity index (χ4v) is 2.48. The van der Waals surface area contributed by atoms with Crippen LogP contribution >= 0.6 is 11.8 Å². The maximum absolute atomic E-state index is 12.1. The number of rotatable bonds is 5. The standard InChI is InChI=1S/C15H13N3O2S/c1-10-4-6-11(7-5-10)12(19)9-21-15-16-14(17-18-15)13-3-2-8-20-13/h2-8H,9H2,1H3,(H,16,17,18). The fourth-order valence-electron chi connectivity index (χ4n) is 1.79. The Kier molecular flexibility index (Phi) is 3.87. The summed E-state index contributed by atoms with van der Waals surface area (Å²) in [5.74, 6) is 1.55. The molecule has 1 aromatic carbocycles. The molecule has 106 valence electrons. The van der Waals surface area contributed by atoms with Crippen LogP contribution in [0.3, 0.4) is 0 Å². The zero-order valence-corrected chi connectivity index (χ0v) is 12.2. The van der Waals surface area contributed by atoms with Crippen molar-refractivity contribution in [3.8, 4) is 11.6 Å². The number of aromatic amines is 1. The number of thioether (sulfide) groups is 1. The summed E-state index contributed by atoms with van der Waals surface area (Å²) >= 11 is 1.30. The number of H-pyrrole nitrogens is 1. The molecule has 2 heterocycles. The molecule has 0 aliphatic carbocycles. The summed E-state index contributed by atoms with van der Waals surface area (Å²) in [5, 5.41) is 7.39. The number of aryl methyl sites for hydroxylation is 1. The lowest BCUT2D eigenvalue weighted by molar-refractivity contribution is 0.102. The Hall–Kier alpha value is -2.34. The zero-order chi connectivity index (χ0) is 14.7. The van der Waals surface area contributed by atoms with Gasteiger partial charge in [0.15, 0.2) is 17.4 Å². The summed E-state index contributed by atoms with van der Waals surface area (Å²) in [6.07, 6.45) is 1.57. The van der Waals surface area contributed by atoms with Crippen molar-refractivity contribution in [2.75, 3.05) is 5.75 Å². The maximum atomic E-state index is 12.1. The quantitative estimate of drug-likeness (QED) is 0.578. The van der Waals surface area contributed by atoms with E-state index in [0.717, 1.165) is 5.56 Å². The highest BCUT2D eigenvalue weighted by Gasteiger charge is 2.11. The number of furan rings is 1. The number of nitrogens with one attached hydrogen (secondary N) is 1. The lowest BCUT2D eigenvalue weighted by Crippen LogP contribution is -2.02. The van der Waals surface area contributed by atoms with Gasteiger partial charge in [-0.1, -0.05) is 41.6 Å². The van der Waals surface area contributed by atoms with Gasteiger partial charge in [0.1, 0.15) is 0 Å². The van der Waals surface area contributed by atoms with E-state index in [-0.39, 0.29) is 5.78 Å². The number of nitrogens with zero attached hydrogens (tertiary/aromatic N) is 2. The van der Waals surface area contributed by atoms with Crippen LogP contribution in [-0.2, 0) is 0 Å². The van der Waals surface area contributed by atoms with E-state index >= 15 is 0 Å². The van der Waals surface area contributed by atoms with E-state index in [1.807, 2.05) is 31.2 Å². The number of aromatic nitrogens is 3. The Morgan fingerprint density at radius 1 is 1.29 bits per heavy atom. The molecule has 0 spiro atoms. The molecule has 0 saturated heterocycles. The van der Waals surface area contributed by atoms with Gasteiger partial charge in [-0.3, -0.25) is 9.89 Å². The highest BCUT2D eigenvalue weighted by molar-refractivity contribution is 7.99. The van der Waals surface area contributed by atoms with Gasteiger partial charge < -0.3 is 4.42 Å². The average Bonchev–Trinajstić information content (AvgIpc) is 3.16. The Morgan fingerprint density at radius 2 is 2.10 bits per heavy atom. The summed E-state index contributed by atoms with van der Waals surface area (Å²) in [6.45, 7) is 1.99. The first-order chi connectivity index (χ1) is 10.2. The van der Waals surface area contributed by atoms with Gasteiger partial charge in [0, 0.05) is 5.56 Å². The van der Waals surface area contributed by atoms with Crippen molar-refractivity contribution in [1.29, 1.82) is 0 Å². The third-order valence-electron chi connectivity index (χ3n) is 2.93. The van der Waals surface area contributed by atoms with Gasteiger partial charge in [-0.25, -0.2) is 0 Å². The van der Waals surface area contributed by atoms with E-state index < -0.39 is 0 Å². The summed E-state index contributed by atoms with van der Waals surface area (Å²) in [7, 11) is 0. The molecule has 0 unspecified atom stereocenters. The lowest BCUT2D eigenvalue weighted by atomic mass is 10.1. The fraction of sp³-hybridized carbons (Fsp3) is 0.133. The van der Waals surface area contributed by atoms with E-state index in [1.54, 1.807) is 18.4 Å². The van der Waals surface area contributed by atoms with Gasteiger partial charge in [-0.2, -0.15) is 4.98 Å². The summed E-state index contributed by atoms with van der Waals surface area (Å²) in [4.78, 5) is 16.3. The third kappa shape index (κ3) is 3.22. The van der Waals surface area contributed by atoms with E-state index in [4.69, 9.17) is 4.42 Å². The first-order valence-corrected chi connectivity index (χ1v) is 7.40. The van der Waals surface area contributed by atoms with Crippen LogP contribution in [0.1, 0.15) is 15.9 Å². The van der Waals surface area contributed by atoms with E-state index in [9.17, 15) is 4.79 Å². The number of ketones is 1. The van der Waals surface area contributed by atoms with Gasteiger partial charge in [-0.15, -0.1) is 5.10 Å². The number of benzene rings is 1. The van der Waals surface area contributed by atoms with Crippen molar-refractivity contribution in [1.82, 2.24) is 15.2 Å². The summed E-state index contributed by atoms with van der Waals surface area (Å²) < 4.78 is 5.23. The predicted molar refractivity (Wildman–Crippen MR) is 80.3 cm³/mol. The molecule has 6 heteroatoms. The van der Waals surface area contributed by atoms with Crippen molar-refractivity contribution >= 4 is 17.5 Å². The van der Waals surface area contributed by atoms with E-state index in [0.29, 0.717) is 28.1 Å². The van der Waals surface area contributed by atoms with Gasteiger partial charge in [0.25, 0.3) is 0 Å². The second-order valence-electron chi connectivity index (χ2n) is 4.52. The highest BCUT2D eigenvalue weighted by Crippen LogP contribution is 2.20. The average molecular weight is 299 g/mol. The summed E-state index contributed by atoms with van der Waals surface area (Å²) in [5.41, 5.74) is 1.84. The van der Waals surface area contributed by atoms with Crippen molar-refractivity contribution < 1.29 is 9.21 Å². The van der Waals surface area contributed by atoms with Crippen LogP contribution in [-0.4, -0.2) is 26.7 Å². The SMILES string of the molecule is Cc1ccc(C(=O)CSc2n[nH]c(-c3ccco3)n2)cc1. The molecule has 3 rings (SSSR count). The second kappa shape index (κ2) is 5.97. The van der Waals surface area contributed by atoms with Crippen LogP contribution in [0.25, 0.3) is 11.6 Å². The number of Topliss-reactive ketones (excluding diaryl/α,β-unsaturated/α-hetero) is 1. The molecule has 3 aromatic rings. The van der Waals surface area contributed by atoms with Crippen LogP contribution in [0.4, 0.5) is 0 Å². The molecule has 0 bridgehead atoms. The molecule has 0 atom stereocenters. The minimum Gasteiger partial charge on any atom is -0.461 e. The van der Waals surface area contributed by atoms with Gasteiger partial charge in [0.05, 0.1) is 12.0 Å². The smallest absolute Gasteiger partial charge is 0.209 e. The highest BCUT2D eigenvalue weighted by atomic mass is 32.2. The van der Waals surface area contributed by atoms with Gasteiger partial charge in [-0.05, 0) is 19.1 Å². The maximum Gasteiger partial charge on any atom is 0.209 e. The monoisotopic (exact) mass is 299 g/mol. The Morgan fingerprint density at radius 3 is 2.81 bits per heavy atom. The molecule has 0 fully saturated rings. The number of carbonyl (C=O) groups is 1. The molecular formula is C15H13N3O2S. The Balaban J connectivity index is 1.62. The van der Waals surface area contributed by atoms with Crippen LogP contribution in [0.2, 0.25) is 0 Å². The normalized spacial score (nSPS) is 10.7. The second-order valence-corrected chi connectivity index (χ2v) is 5.46. The van der Waals surface area contributed by atoms with Crippen molar-refractivity contribution in [3.05, 3.63) is 53.8 Å². The van der Waals surface area contributed by atoms with Crippen LogP contribution < -0.4 is 0 Å². The van der Waals surface area contributed by atoms with E-state index in [1.165, 1.54) is 11.8 Å². The van der Waals surface area contributed by atoms with Crippen molar-refractivity contribution in [2.45, 2.75) is 12.1 Å². The Labute approximate surface area is 125 Å². The Bertz CT molecular complexity index is 733. The van der Waals surface area contributed by atoms with Crippen LogP contribution in [0, 0.1) is 6.92 Å². The molecule has 0 radical (unpaired) electrons. The minimum absolute atomic E-state index is 0.0596. The van der Waals surface area contributed by atoms with Crippen LogP contribution in [0.15, 0.2) is 52.2 Å². The molecule has 0 amide bonds. The summed E-state index contributed by atoms with van der Waals surface area (Å²) in [6, 6.07) is 11.1. The molecule has 0 aliphatic heterocycles. The first kappa shape index (κ1) is 13.6.